The van der Waals surface area contributed by atoms with Crippen LogP contribution in [0, 0.1) is 6.92 Å². The van der Waals surface area contributed by atoms with Gasteiger partial charge in [0.15, 0.2) is 0 Å². The van der Waals surface area contributed by atoms with Crippen molar-refractivity contribution in [3.05, 3.63) is 68.5 Å². The van der Waals surface area contributed by atoms with Crippen LogP contribution in [-0.4, -0.2) is 27.4 Å². The molecule has 1 aromatic heterocycles. The van der Waals surface area contributed by atoms with Gasteiger partial charge in [0.25, 0.3) is 5.56 Å². The Labute approximate surface area is 128 Å². The minimum Gasteiger partial charge on any atom is -0.337 e. The van der Waals surface area contributed by atoms with E-state index in [-0.39, 0.29) is 18.5 Å². The standard InChI is InChI=1S/C16H19N3O3/c1-11-4-6-13(7-5-11)12(2)18(3)15(21)10-19-9-8-14(20)17-16(19)22/h4-9,12H,10H2,1-3H3,(H,17,20,22). The predicted octanol–water partition coefficient (Wildman–Crippen LogP) is 1.06. The van der Waals surface area contributed by atoms with Crippen molar-refractivity contribution in [3.63, 3.8) is 0 Å². The molecule has 0 saturated heterocycles. The fraction of sp³-hybridized carbons (Fsp3) is 0.312. The topological polar surface area (TPSA) is 75.2 Å². The zero-order valence-electron chi connectivity index (χ0n) is 12.9. The van der Waals surface area contributed by atoms with Crippen molar-refractivity contribution < 1.29 is 4.79 Å². The third-order valence-electron chi connectivity index (χ3n) is 3.74. The number of carbonyl (C=O) groups excluding carboxylic acids is 1. The second kappa shape index (κ2) is 6.43. The van der Waals surface area contributed by atoms with Crippen LogP contribution < -0.4 is 11.2 Å². The number of hydrogen-bond acceptors (Lipinski definition) is 3. The molecule has 1 atom stereocenters. The number of aryl methyl sites for hydroxylation is 1. The second-order valence-electron chi connectivity index (χ2n) is 5.33. The summed E-state index contributed by atoms with van der Waals surface area (Å²) in [5.74, 6) is -0.206. The van der Waals surface area contributed by atoms with E-state index in [0.29, 0.717) is 0 Å². The molecule has 1 heterocycles. The Hall–Kier alpha value is -2.63. The maximum Gasteiger partial charge on any atom is 0.328 e. The molecule has 6 heteroatoms. The summed E-state index contributed by atoms with van der Waals surface area (Å²) in [5, 5.41) is 0. The Balaban J connectivity index is 2.13. The van der Waals surface area contributed by atoms with E-state index in [1.807, 2.05) is 38.1 Å². The number of benzene rings is 1. The Bertz CT molecular complexity index is 774. The van der Waals surface area contributed by atoms with E-state index in [9.17, 15) is 14.4 Å². The van der Waals surface area contributed by atoms with E-state index >= 15 is 0 Å². The van der Waals surface area contributed by atoms with Gasteiger partial charge in [-0.05, 0) is 19.4 Å². The fourth-order valence-electron chi connectivity index (χ4n) is 2.11. The van der Waals surface area contributed by atoms with Gasteiger partial charge in [0, 0.05) is 19.3 Å². The first kappa shape index (κ1) is 15.8. The van der Waals surface area contributed by atoms with Gasteiger partial charge in [0.1, 0.15) is 6.54 Å². The van der Waals surface area contributed by atoms with Gasteiger partial charge in [-0.15, -0.1) is 0 Å². The van der Waals surface area contributed by atoms with Crippen LogP contribution in [0.4, 0.5) is 0 Å². The summed E-state index contributed by atoms with van der Waals surface area (Å²) in [6, 6.07) is 9.07. The molecule has 0 bridgehead atoms. The lowest BCUT2D eigenvalue weighted by Crippen LogP contribution is -2.37. The number of nitrogens with zero attached hydrogens (tertiary/aromatic N) is 2. The molecular weight excluding hydrogens is 282 g/mol. The van der Waals surface area contributed by atoms with Gasteiger partial charge < -0.3 is 4.90 Å². The van der Waals surface area contributed by atoms with Crippen LogP contribution in [0.25, 0.3) is 0 Å². The van der Waals surface area contributed by atoms with E-state index in [1.54, 1.807) is 11.9 Å². The highest BCUT2D eigenvalue weighted by Crippen LogP contribution is 2.19. The van der Waals surface area contributed by atoms with Gasteiger partial charge in [0.05, 0.1) is 6.04 Å². The maximum atomic E-state index is 12.3. The molecule has 1 unspecified atom stereocenters. The van der Waals surface area contributed by atoms with Gasteiger partial charge in [0.2, 0.25) is 5.91 Å². The minimum absolute atomic E-state index is 0.105. The number of H-pyrrole nitrogens is 1. The van der Waals surface area contributed by atoms with Crippen LogP contribution in [0.15, 0.2) is 46.1 Å². The first-order valence-corrected chi connectivity index (χ1v) is 7.00. The SMILES string of the molecule is Cc1ccc(C(C)N(C)C(=O)Cn2ccc(=O)[nH]c2=O)cc1. The average molecular weight is 301 g/mol. The van der Waals surface area contributed by atoms with E-state index in [0.717, 1.165) is 11.1 Å². The molecule has 116 valence electrons. The van der Waals surface area contributed by atoms with Crippen LogP contribution in [-0.2, 0) is 11.3 Å². The highest BCUT2D eigenvalue weighted by molar-refractivity contribution is 5.76. The molecule has 1 N–H and O–H groups in total. The van der Waals surface area contributed by atoms with Gasteiger partial charge in [-0.25, -0.2) is 4.79 Å². The Morgan fingerprint density at radius 2 is 1.86 bits per heavy atom. The molecule has 0 fully saturated rings. The zero-order chi connectivity index (χ0) is 16.3. The molecule has 0 saturated carbocycles. The lowest BCUT2D eigenvalue weighted by Gasteiger charge is -2.25. The summed E-state index contributed by atoms with van der Waals surface area (Å²) in [4.78, 5) is 38.7. The largest absolute Gasteiger partial charge is 0.337 e. The van der Waals surface area contributed by atoms with Crippen LogP contribution >= 0.6 is 0 Å². The molecule has 0 spiro atoms. The van der Waals surface area contributed by atoms with E-state index < -0.39 is 11.2 Å². The quantitative estimate of drug-likeness (QED) is 0.917. The van der Waals surface area contributed by atoms with Crippen molar-refractivity contribution >= 4 is 5.91 Å². The van der Waals surface area contributed by atoms with Crippen molar-refractivity contribution in [2.45, 2.75) is 26.4 Å². The zero-order valence-corrected chi connectivity index (χ0v) is 12.9. The van der Waals surface area contributed by atoms with Crippen LogP contribution in [0.3, 0.4) is 0 Å². The van der Waals surface area contributed by atoms with Gasteiger partial charge in [-0.1, -0.05) is 29.8 Å². The number of rotatable bonds is 4. The molecule has 0 aliphatic heterocycles. The predicted molar refractivity (Wildman–Crippen MR) is 83.7 cm³/mol. The average Bonchev–Trinajstić information content (AvgIpc) is 2.49. The number of hydrogen-bond donors (Lipinski definition) is 1. The first-order chi connectivity index (χ1) is 10.4. The van der Waals surface area contributed by atoms with Crippen LogP contribution in [0.2, 0.25) is 0 Å². The lowest BCUT2D eigenvalue weighted by molar-refractivity contribution is -0.132. The van der Waals surface area contributed by atoms with E-state index in [2.05, 4.69) is 4.98 Å². The first-order valence-electron chi connectivity index (χ1n) is 7.00. The Morgan fingerprint density at radius 3 is 2.45 bits per heavy atom. The lowest BCUT2D eigenvalue weighted by atomic mass is 10.1. The summed E-state index contributed by atoms with van der Waals surface area (Å²) < 4.78 is 1.18. The van der Waals surface area contributed by atoms with Crippen molar-refractivity contribution in [2.24, 2.45) is 0 Å². The van der Waals surface area contributed by atoms with E-state index in [4.69, 9.17) is 0 Å². The van der Waals surface area contributed by atoms with E-state index in [1.165, 1.54) is 16.8 Å². The van der Waals surface area contributed by atoms with Gasteiger partial charge in [-0.2, -0.15) is 0 Å². The van der Waals surface area contributed by atoms with Crippen LogP contribution in [0.5, 0.6) is 0 Å². The van der Waals surface area contributed by atoms with Crippen molar-refractivity contribution in [3.8, 4) is 0 Å². The van der Waals surface area contributed by atoms with Gasteiger partial charge in [-0.3, -0.25) is 19.1 Å². The van der Waals surface area contributed by atoms with Gasteiger partial charge >= 0.3 is 5.69 Å². The molecule has 0 aliphatic rings. The third-order valence-corrected chi connectivity index (χ3v) is 3.74. The summed E-state index contributed by atoms with van der Waals surface area (Å²) in [7, 11) is 1.70. The molecule has 2 aromatic rings. The number of likely N-dealkylation sites (N-methyl/N-ethyl adjacent to an activating group) is 1. The molecule has 6 nitrogen and oxygen atoms in total. The molecular formula is C16H19N3O3. The normalized spacial score (nSPS) is 12.0. The molecule has 1 aromatic carbocycles. The Kier molecular flexibility index (Phi) is 4.60. The van der Waals surface area contributed by atoms with Crippen molar-refractivity contribution in [2.75, 3.05) is 7.05 Å². The third kappa shape index (κ3) is 3.52. The monoisotopic (exact) mass is 301 g/mol. The molecule has 22 heavy (non-hydrogen) atoms. The smallest absolute Gasteiger partial charge is 0.328 e. The highest BCUT2D eigenvalue weighted by Gasteiger charge is 2.18. The molecule has 1 amide bonds. The van der Waals surface area contributed by atoms with Crippen molar-refractivity contribution in [1.29, 1.82) is 0 Å². The minimum atomic E-state index is -0.586. The summed E-state index contributed by atoms with van der Waals surface area (Å²) in [6.45, 7) is 3.83. The second-order valence-corrected chi connectivity index (χ2v) is 5.33. The maximum absolute atomic E-state index is 12.3. The molecule has 2 rings (SSSR count). The van der Waals surface area contributed by atoms with Crippen LogP contribution in [0.1, 0.15) is 24.1 Å². The highest BCUT2D eigenvalue weighted by atomic mass is 16.2. The summed E-state index contributed by atoms with van der Waals surface area (Å²) in [5.41, 5.74) is 1.12. The molecule has 0 radical (unpaired) electrons. The number of nitrogens with one attached hydrogen (secondary N) is 1. The fourth-order valence-corrected chi connectivity index (χ4v) is 2.11. The number of amides is 1. The number of carbonyl (C=O) groups is 1. The molecule has 0 aliphatic carbocycles. The summed E-state index contributed by atoms with van der Waals surface area (Å²) in [6.07, 6.45) is 1.32. The number of aromatic amines is 1. The Morgan fingerprint density at radius 1 is 1.23 bits per heavy atom. The summed E-state index contributed by atoms with van der Waals surface area (Å²) >= 11 is 0. The number of aromatic nitrogens is 2. The van der Waals surface area contributed by atoms with Crippen molar-refractivity contribution in [1.82, 2.24) is 14.5 Å².